The Hall–Kier alpha value is -4.52. The third-order valence-corrected chi connectivity index (χ3v) is 7.57. The van der Waals surface area contributed by atoms with Crippen molar-refractivity contribution in [2.45, 2.75) is 13.0 Å². The predicted octanol–water partition coefficient (Wildman–Crippen LogP) is 1.86. The molecular formula is C28H30FN7O4S. The smallest absolute Gasteiger partial charge is 0.332 e. The third-order valence-electron chi connectivity index (χ3n) is 7.21. The number of aryl methyl sites for hydroxylation is 1. The maximum absolute atomic E-state index is 13.6. The molecule has 1 fully saturated rings. The molecule has 0 bridgehead atoms. The first-order chi connectivity index (χ1) is 19.7. The zero-order valence-electron chi connectivity index (χ0n) is 23.0. The van der Waals surface area contributed by atoms with Gasteiger partial charge < -0.3 is 19.9 Å². The first kappa shape index (κ1) is 28.0. The highest BCUT2D eigenvalue weighted by atomic mass is 32.1. The van der Waals surface area contributed by atoms with Crippen LogP contribution in [0.15, 0.2) is 58.1 Å². The SMILES string of the molecule is COC(=O)Cc1ccc(NC(=S)N2CCN(c3nc4c(c(=O)n(C)c(=O)n4C)n3Cc3ccc(F)cc3)CC2)cc1. The first-order valence-electron chi connectivity index (χ1n) is 13.0. The van der Waals surface area contributed by atoms with Crippen molar-refractivity contribution in [2.75, 3.05) is 43.5 Å². The van der Waals surface area contributed by atoms with Crippen LogP contribution in [-0.2, 0) is 36.6 Å². The highest BCUT2D eigenvalue weighted by molar-refractivity contribution is 7.80. The van der Waals surface area contributed by atoms with Crippen LogP contribution in [0, 0.1) is 5.82 Å². The molecule has 0 radical (unpaired) electrons. The number of hydrogen-bond acceptors (Lipinski definition) is 7. The number of carbonyl (C=O) groups excluding carboxylic acids is 1. The van der Waals surface area contributed by atoms with Crippen LogP contribution < -0.4 is 21.5 Å². The van der Waals surface area contributed by atoms with E-state index in [1.807, 2.05) is 24.3 Å². The maximum Gasteiger partial charge on any atom is 0.332 e. The largest absolute Gasteiger partial charge is 0.469 e. The van der Waals surface area contributed by atoms with E-state index in [0.717, 1.165) is 21.4 Å². The Morgan fingerprint density at radius 2 is 1.61 bits per heavy atom. The molecule has 2 aromatic heterocycles. The highest BCUT2D eigenvalue weighted by Crippen LogP contribution is 2.23. The molecule has 0 spiro atoms. The summed E-state index contributed by atoms with van der Waals surface area (Å²) < 4.78 is 22.5. The number of methoxy groups -OCH3 is 1. The fourth-order valence-electron chi connectivity index (χ4n) is 4.86. The van der Waals surface area contributed by atoms with Gasteiger partial charge in [0.25, 0.3) is 5.56 Å². The number of anilines is 2. The summed E-state index contributed by atoms with van der Waals surface area (Å²) in [5, 5.41) is 3.82. The summed E-state index contributed by atoms with van der Waals surface area (Å²) in [6, 6.07) is 13.5. The van der Waals surface area contributed by atoms with Gasteiger partial charge in [-0.25, -0.2) is 9.18 Å². The summed E-state index contributed by atoms with van der Waals surface area (Å²) >= 11 is 5.66. The Balaban J connectivity index is 1.35. The normalized spacial score (nSPS) is 13.5. The first-order valence-corrected chi connectivity index (χ1v) is 13.4. The molecule has 11 nitrogen and oxygen atoms in total. The summed E-state index contributed by atoms with van der Waals surface area (Å²) in [4.78, 5) is 46.2. The van der Waals surface area contributed by atoms with Crippen molar-refractivity contribution >= 4 is 46.1 Å². The average molecular weight is 580 g/mol. The number of aromatic nitrogens is 4. The molecule has 0 saturated carbocycles. The van der Waals surface area contributed by atoms with Crippen molar-refractivity contribution in [3.63, 3.8) is 0 Å². The maximum atomic E-state index is 13.6. The summed E-state index contributed by atoms with van der Waals surface area (Å²) in [5.41, 5.74) is 2.16. The van der Waals surface area contributed by atoms with E-state index in [9.17, 15) is 18.8 Å². The van der Waals surface area contributed by atoms with Gasteiger partial charge in [-0.2, -0.15) is 4.98 Å². The molecule has 2 aromatic carbocycles. The van der Waals surface area contributed by atoms with Crippen LogP contribution in [0.5, 0.6) is 0 Å². The van der Waals surface area contributed by atoms with Gasteiger partial charge in [-0.05, 0) is 47.6 Å². The minimum absolute atomic E-state index is 0.204. The molecule has 5 rings (SSSR count). The minimum atomic E-state index is -0.458. The van der Waals surface area contributed by atoms with Crippen LogP contribution >= 0.6 is 12.2 Å². The van der Waals surface area contributed by atoms with Gasteiger partial charge in [0, 0.05) is 46.0 Å². The van der Waals surface area contributed by atoms with Crippen LogP contribution in [0.1, 0.15) is 11.1 Å². The van der Waals surface area contributed by atoms with Crippen molar-refractivity contribution in [3.05, 3.63) is 86.3 Å². The van der Waals surface area contributed by atoms with Crippen molar-refractivity contribution in [1.82, 2.24) is 23.6 Å². The third kappa shape index (κ3) is 5.71. The Kier molecular flexibility index (Phi) is 7.88. The van der Waals surface area contributed by atoms with Gasteiger partial charge in [0.1, 0.15) is 5.82 Å². The van der Waals surface area contributed by atoms with E-state index < -0.39 is 11.2 Å². The summed E-state index contributed by atoms with van der Waals surface area (Å²) in [6.07, 6.45) is 0.204. The lowest BCUT2D eigenvalue weighted by Crippen LogP contribution is -2.50. The topological polar surface area (TPSA) is 107 Å². The molecule has 1 N–H and O–H groups in total. The van der Waals surface area contributed by atoms with Gasteiger partial charge in [-0.15, -0.1) is 0 Å². The summed E-state index contributed by atoms with van der Waals surface area (Å²) in [7, 11) is 4.40. The molecular weight excluding hydrogens is 549 g/mol. The Labute approximate surface area is 240 Å². The molecule has 0 unspecified atom stereocenters. The van der Waals surface area contributed by atoms with E-state index in [1.54, 1.807) is 23.7 Å². The van der Waals surface area contributed by atoms with E-state index in [1.165, 1.54) is 30.9 Å². The number of halogens is 1. The second-order valence-corrected chi connectivity index (χ2v) is 10.2. The lowest BCUT2D eigenvalue weighted by Gasteiger charge is -2.36. The number of nitrogens with one attached hydrogen (secondary N) is 1. The number of rotatable bonds is 6. The van der Waals surface area contributed by atoms with E-state index in [0.29, 0.717) is 48.4 Å². The number of benzene rings is 2. The molecule has 1 saturated heterocycles. The van der Waals surface area contributed by atoms with Crippen LogP contribution in [0.3, 0.4) is 0 Å². The number of fused-ring (bicyclic) bond motifs is 1. The van der Waals surface area contributed by atoms with Crippen LogP contribution in [-0.4, -0.2) is 68.0 Å². The molecule has 0 atom stereocenters. The van der Waals surface area contributed by atoms with Crippen molar-refractivity contribution in [2.24, 2.45) is 14.1 Å². The predicted molar refractivity (Wildman–Crippen MR) is 158 cm³/mol. The molecule has 3 heterocycles. The quantitative estimate of drug-likeness (QED) is 0.271. The number of thiocarbonyl (C=S) groups is 1. The average Bonchev–Trinajstić information content (AvgIpc) is 3.36. The summed E-state index contributed by atoms with van der Waals surface area (Å²) in [5.74, 6) is -0.0872. The number of piperazine rings is 1. The van der Waals surface area contributed by atoms with Crippen LogP contribution in [0.4, 0.5) is 16.0 Å². The number of ether oxygens (including phenoxy) is 1. The summed E-state index contributed by atoms with van der Waals surface area (Å²) in [6.45, 7) is 2.62. The zero-order valence-corrected chi connectivity index (χ0v) is 23.8. The molecule has 0 aliphatic carbocycles. The molecule has 13 heteroatoms. The Bertz CT molecular complexity index is 1720. The van der Waals surface area contributed by atoms with Crippen molar-refractivity contribution in [1.29, 1.82) is 0 Å². The van der Waals surface area contributed by atoms with E-state index >= 15 is 0 Å². The number of imidazole rings is 1. The second-order valence-electron chi connectivity index (χ2n) is 9.86. The van der Waals surface area contributed by atoms with E-state index in [-0.39, 0.29) is 24.8 Å². The number of nitrogens with zero attached hydrogens (tertiary/aromatic N) is 6. The van der Waals surface area contributed by atoms with Gasteiger partial charge in [0.05, 0.1) is 20.1 Å². The van der Waals surface area contributed by atoms with Crippen LogP contribution in [0.2, 0.25) is 0 Å². The fourth-order valence-corrected chi connectivity index (χ4v) is 5.16. The Morgan fingerprint density at radius 3 is 2.24 bits per heavy atom. The lowest BCUT2D eigenvalue weighted by molar-refractivity contribution is -0.139. The van der Waals surface area contributed by atoms with Crippen LogP contribution in [0.25, 0.3) is 11.2 Å². The highest BCUT2D eigenvalue weighted by Gasteiger charge is 2.26. The zero-order chi connectivity index (χ0) is 29.3. The van der Waals surface area contributed by atoms with Gasteiger partial charge in [0.2, 0.25) is 5.95 Å². The lowest BCUT2D eigenvalue weighted by atomic mass is 10.1. The monoisotopic (exact) mass is 579 g/mol. The van der Waals surface area contributed by atoms with E-state index in [4.69, 9.17) is 21.9 Å². The molecule has 1 aliphatic heterocycles. The molecule has 1 aliphatic rings. The molecule has 214 valence electrons. The molecule has 0 amide bonds. The second kappa shape index (κ2) is 11.5. The van der Waals surface area contributed by atoms with Gasteiger partial charge in [-0.1, -0.05) is 24.3 Å². The van der Waals surface area contributed by atoms with Gasteiger partial charge >= 0.3 is 11.7 Å². The van der Waals surface area contributed by atoms with Gasteiger partial charge in [-0.3, -0.25) is 23.3 Å². The van der Waals surface area contributed by atoms with Gasteiger partial charge in [0.15, 0.2) is 16.3 Å². The number of esters is 1. The van der Waals surface area contributed by atoms with Crippen molar-refractivity contribution in [3.8, 4) is 0 Å². The standard InChI is InChI=1S/C28H30FN7O4S/c1-32-24-23(25(38)33(2)28(32)39)36(17-19-4-8-20(29)9-5-19)26(31-24)34-12-14-35(15-13-34)27(41)30-21-10-6-18(7-11-21)16-22(37)40-3/h4-11H,12-17H2,1-3H3,(H,30,41). The number of hydrogen-bond donors (Lipinski definition) is 1. The van der Waals surface area contributed by atoms with Crippen molar-refractivity contribution < 1.29 is 13.9 Å². The Morgan fingerprint density at radius 1 is 0.976 bits per heavy atom. The number of carbonyl (C=O) groups is 1. The molecule has 4 aromatic rings. The minimum Gasteiger partial charge on any atom is -0.469 e. The van der Waals surface area contributed by atoms with E-state index in [2.05, 4.69) is 15.1 Å². The molecule has 41 heavy (non-hydrogen) atoms. The fraction of sp³-hybridized carbons (Fsp3) is 0.321.